The molecule has 2 aromatic carbocycles. The summed E-state index contributed by atoms with van der Waals surface area (Å²) in [6.07, 6.45) is 5.51. The molecule has 0 aliphatic carbocycles. The zero-order valence-corrected chi connectivity index (χ0v) is 15.6. The summed E-state index contributed by atoms with van der Waals surface area (Å²) in [6.45, 7) is 0.360. The van der Waals surface area contributed by atoms with Crippen molar-refractivity contribution in [1.29, 1.82) is 0 Å². The van der Waals surface area contributed by atoms with Crippen LogP contribution in [0.1, 0.15) is 11.1 Å². The first kappa shape index (κ1) is 20.7. The van der Waals surface area contributed by atoms with E-state index in [4.69, 9.17) is 38.5 Å². The summed E-state index contributed by atoms with van der Waals surface area (Å²) >= 11 is 12.6. The first-order valence-electron chi connectivity index (χ1n) is 7.81. The molecule has 9 heteroatoms. The van der Waals surface area contributed by atoms with Gasteiger partial charge in [0.25, 0.3) is 5.09 Å². The highest BCUT2D eigenvalue weighted by molar-refractivity contribution is 6.36. The molecule has 1 aromatic heterocycles. The Morgan fingerprint density at radius 3 is 2.22 bits per heavy atom. The summed E-state index contributed by atoms with van der Waals surface area (Å²) in [5.74, 6) is 0. The van der Waals surface area contributed by atoms with Crippen LogP contribution >= 0.6 is 23.2 Å². The Kier molecular flexibility index (Phi) is 7.18. The van der Waals surface area contributed by atoms with Gasteiger partial charge in [0.05, 0.1) is 12.9 Å². The van der Waals surface area contributed by atoms with Crippen molar-refractivity contribution in [3.63, 3.8) is 0 Å². The Morgan fingerprint density at radius 1 is 1.11 bits per heavy atom. The van der Waals surface area contributed by atoms with Crippen LogP contribution in [-0.4, -0.2) is 25.0 Å². The molecule has 27 heavy (non-hydrogen) atoms. The van der Waals surface area contributed by atoms with E-state index in [2.05, 4.69) is 4.98 Å². The zero-order valence-electron chi connectivity index (χ0n) is 14.1. The molecule has 0 radical (unpaired) electrons. The number of imidazole rings is 1. The molecular weight excluding hydrogens is 393 g/mol. The summed E-state index contributed by atoms with van der Waals surface area (Å²) in [7, 11) is 0. The van der Waals surface area contributed by atoms with Crippen molar-refractivity contribution in [3.05, 3.63) is 98.5 Å². The van der Waals surface area contributed by atoms with E-state index in [1.54, 1.807) is 30.7 Å². The molecular formula is C18H17Cl2N3O4. The van der Waals surface area contributed by atoms with E-state index in [1.807, 2.05) is 41.1 Å². The van der Waals surface area contributed by atoms with Gasteiger partial charge in [0.2, 0.25) is 0 Å². The molecule has 3 aromatic rings. The van der Waals surface area contributed by atoms with Gasteiger partial charge < -0.3 is 14.9 Å². The lowest BCUT2D eigenvalue weighted by Crippen LogP contribution is -2.34. The first-order valence-corrected chi connectivity index (χ1v) is 8.57. The van der Waals surface area contributed by atoms with Crippen LogP contribution in [0.2, 0.25) is 10.0 Å². The minimum absolute atomic E-state index is 0.313. The molecule has 0 fully saturated rings. The summed E-state index contributed by atoms with van der Waals surface area (Å²) in [5.41, 5.74) is 0.406. The van der Waals surface area contributed by atoms with Gasteiger partial charge in [0.1, 0.15) is 5.60 Å². The number of halogens is 2. The van der Waals surface area contributed by atoms with Crippen molar-refractivity contribution < 1.29 is 15.4 Å². The summed E-state index contributed by atoms with van der Waals surface area (Å²) in [4.78, 5) is 12.4. The molecule has 0 bridgehead atoms. The van der Waals surface area contributed by atoms with E-state index in [9.17, 15) is 5.11 Å². The lowest BCUT2D eigenvalue weighted by molar-refractivity contribution is -0.742. The van der Waals surface area contributed by atoms with Crippen molar-refractivity contribution in [3.8, 4) is 0 Å². The van der Waals surface area contributed by atoms with Crippen LogP contribution in [0, 0.1) is 10.1 Å². The van der Waals surface area contributed by atoms with Crippen LogP contribution in [0.5, 0.6) is 0 Å². The molecule has 0 spiro atoms. The molecule has 142 valence electrons. The molecule has 2 N–H and O–H groups in total. The number of rotatable bonds is 5. The van der Waals surface area contributed by atoms with Crippen molar-refractivity contribution >= 4 is 23.2 Å². The van der Waals surface area contributed by atoms with Crippen molar-refractivity contribution in [2.75, 3.05) is 0 Å². The highest BCUT2D eigenvalue weighted by Gasteiger charge is 2.31. The van der Waals surface area contributed by atoms with Gasteiger partial charge >= 0.3 is 0 Å². The number of aromatic nitrogens is 2. The van der Waals surface area contributed by atoms with E-state index in [1.165, 1.54) is 0 Å². The minimum atomic E-state index is -1.50. The lowest BCUT2D eigenvalue weighted by Gasteiger charge is -2.30. The fraction of sp³-hybridized carbons (Fsp3) is 0.167. The quantitative estimate of drug-likeness (QED) is 0.490. The Labute approximate surface area is 165 Å². The maximum Gasteiger partial charge on any atom is 0.291 e. The number of aliphatic hydroxyl groups is 1. The SMILES string of the molecule is O=[N+]([O-])O.OC(Cc1c(Cl)cccc1Cl)(Cn1ccnc1)c1ccccc1. The number of hydrogen-bond donors (Lipinski definition) is 2. The molecule has 3 rings (SSSR count). The van der Waals surface area contributed by atoms with Crippen LogP contribution in [0.25, 0.3) is 0 Å². The van der Waals surface area contributed by atoms with Crippen LogP contribution < -0.4 is 0 Å². The minimum Gasteiger partial charge on any atom is -0.383 e. The number of benzene rings is 2. The fourth-order valence-corrected chi connectivity index (χ4v) is 3.20. The van der Waals surface area contributed by atoms with Gasteiger partial charge in [-0.2, -0.15) is 0 Å². The maximum atomic E-state index is 11.4. The average Bonchev–Trinajstić information content (AvgIpc) is 3.11. The number of nitrogens with zero attached hydrogens (tertiary/aromatic N) is 3. The highest BCUT2D eigenvalue weighted by atomic mass is 35.5. The summed E-state index contributed by atoms with van der Waals surface area (Å²) in [5, 5.41) is 26.1. The Morgan fingerprint density at radius 2 is 1.70 bits per heavy atom. The standard InChI is InChI=1S/C18H16Cl2N2O.HNO3/c19-16-7-4-8-17(20)15(16)11-18(23,12-22-10-9-21-13-22)14-5-2-1-3-6-14;2-1(3)4/h1-10,13,23H,11-12H2;(H,2,3,4). The van der Waals surface area contributed by atoms with Crippen LogP contribution in [0.4, 0.5) is 0 Å². The van der Waals surface area contributed by atoms with Crippen molar-refractivity contribution in [1.82, 2.24) is 9.55 Å². The van der Waals surface area contributed by atoms with Crippen LogP contribution in [0.3, 0.4) is 0 Å². The second kappa shape index (κ2) is 9.36. The van der Waals surface area contributed by atoms with Crippen molar-refractivity contribution in [2.24, 2.45) is 0 Å². The number of hydrogen-bond acceptors (Lipinski definition) is 4. The molecule has 1 atom stereocenters. The summed E-state index contributed by atoms with van der Waals surface area (Å²) < 4.78 is 1.84. The molecule has 0 aliphatic heterocycles. The Balaban J connectivity index is 0.000000596. The molecule has 0 aliphatic rings. The van der Waals surface area contributed by atoms with Gasteiger partial charge in [-0.15, -0.1) is 10.1 Å². The molecule has 0 amide bonds. The normalized spacial score (nSPS) is 12.6. The first-order chi connectivity index (χ1) is 12.8. The molecule has 0 saturated heterocycles. The largest absolute Gasteiger partial charge is 0.383 e. The van der Waals surface area contributed by atoms with Crippen LogP contribution in [-0.2, 0) is 18.6 Å². The highest BCUT2D eigenvalue weighted by Crippen LogP contribution is 2.34. The Bertz CT molecular complexity index is 851. The zero-order chi connectivity index (χ0) is 19.9. The van der Waals surface area contributed by atoms with E-state index in [-0.39, 0.29) is 0 Å². The third kappa shape index (κ3) is 5.96. The lowest BCUT2D eigenvalue weighted by atomic mass is 9.87. The topological polar surface area (TPSA) is 101 Å². The molecule has 1 heterocycles. The monoisotopic (exact) mass is 409 g/mol. The van der Waals surface area contributed by atoms with Gasteiger partial charge in [0.15, 0.2) is 0 Å². The third-order valence-electron chi connectivity index (χ3n) is 3.85. The smallest absolute Gasteiger partial charge is 0.291 e. The van der Waals surface area contributed by atoms with E-state index in [0.717, 1.165) is 11.1 Å². The predicted molar refractivity (Wildman–Crippen MR) is 102 cm³/mol. The summed E-state index contributed by atoms with van der Waals surface area (Å²) in [6, 6.07) is 14.9. The van der Waals surface area contributed by atoms with E-state index < -0.39 is 10.7 Å². The third-order valence-corrected chi connectivity index (χ3v) is 4.55. The predicted octanol–water partition coefficient (Wildman–Crippen LogP) is 3.97. The second-order valence-electron chi connectivity index (χ2n) is 5.75. The average molecular weight is 410 g/mol. The maximum absolute atomic E-state index is 11.4. The second-order valence-corrected chi connectivity index (χ2v) is 6.56. The van der Waals surface area contributed by atoms with Crippen LogP contribution in [0.15, 0.2) is 67.3 Å². The molecule has 1 unspecified atom stereocenters. The van der Waals surface area contributed by atoms with Gasteiger partial charge in [-0.05, 0) is 23.3 Å². The fourth-order valence-electron chi connectivity index (χ4n) is 2.67. The van der Waals surface area contributed by atoms with E-state index in [0.29, 0.717) is 23.0 Å². The van der Waals surface area contributed by atoms with Gasteiger partial charge in [0, 0.05) is 28.9 Å². The van der Waals surface area contributed by atoms with E-state index >= 15 is 0 Å². The van der Waals surface area contributed by atoms with Gasteiger partial charge in [-0.25, -0.2) is 4.98 Å². The Hall–Kier alpha value is -2.61. The van der Waals surface area contributed by atoms with Gasteiger partial charge in [-0.1, -0.05) is 59.6 Å². The van der Waals surface area contributed by atoms with Crippen molar-refractivity contribution in [2.45, 2.75) is 18.6 Å². The molecule has 7 nitrogen and oxygen atoms in total. The molecule has 0 saturated carbocycles. The van der Waals surface area contributed by atoms with Gasteiger partial charge in [-0.3, -0.25) is 0 Å².